The van der Waals surface area contributed by atoms with E-state index in [9.17, 15) is 10.2 Å². The molecule has 15 heteroatoms. The smallest absolute Gasteiger partial charge is 0.119 e. The minimum absolute atomic E-state index is 0. The van der Waals surface area contributed by atoms with Gasteiger partial charge in [0.2, 0.25) is 0 Å². The molecule has 21 rings (SSSR count). The number of para-hydroxylation sites is 2. The number of aromatic nitrogens is 5. The van der Waals surface area contributed by atoms with Gasteiger partial charge in [0.1, 0.15) is 15.1 Å². The van der Waals surface area contributed by atoms with Crippen molar-refractivity contribution >= 4 is 154 Å². The van der Waals surface area contributed by atoms with E-state index in [0.717, 1.165) is 72.8 Å². The molecule has 7 radical (unpaired) electrons. The van der Waals surface area contributed by atoms with Gasteiger partial charge in [-0.25, -0.2) is 4.98 Å². The average Bonchev–Trinajstić information content (AvgIpc) is 1.58. The van der Waals surface area contributed by atoms with Crippen molar-refractivity contribution in [3.8, 4) is 72.7 Å². The number of hydrogen-bond donors (Lipinski definition) is 3. The maximum atomic E-state index is 9.76. The van der Waals surface area contributed by atoms with Crippen LogP contribution in [0.4, 0.5) is 17.1 Å². The van der Waals surface area contributed by atoms with E-state index < -0.39 is 19.0 Å². The summed E-state index contributed by atoms with van der Waals surface area (Å²) in [4.78, 5) is 21.1. The number of rotatable bonds is 13. The van der Waals surface area contributed by atoms with Gasteiger partial charge in [-0.2, -0.15) is 0 Å². The molecule has 4 aromatic heterocycles. The molecule has 131 heavy (non-hydrogen) atoms. The maximum absolute atomic E-state index is 9.76. The van der Waals surface area contributed by atoms with E-state index in [1.54, 1.807) is 6.20 Å². The second-order valence-corrected chi connectivity index (χ2v) is 38.0. The van der Waals surface area contributed by atoms with Crippen LogP contribution in [-0.2, 0) is 20.1 Å². The third kappa shape index (κ3) is 20.8. The van der Waals surface area contributed by atoms with Crippen LogP contribution >= 0.6 is 18.1 Å². The van der Waals surface area contributed by atoms with Crippen LogP contribution < -0.4 is 4.90 Å². The summed E-state index contributed by atoms with van der Waals surface area (Å²) < 4.78 is 5.03. The molecule has 0 saturated carbocycles. The molecule has 0 aliphatic carbocycles. The number of nitrogens with zero attached hydrogens (tertiary/aromatic N) is 6. The number of aliphatic hydroxyl groups is 2. The minimum atomic E-state index is -2.37. The van der Waals surface area contributed by atoms with Crippen LogP contribution in [0.15, 0.2) is 382 Å². The molecular weight excluding hydrogens is 1810 g/mol. The third-order valence-electron chi connectivity index (χ3n) is 23.7. The number of aliphatic hydroxyl groups excluding tert-OH is 2. The van der Waals surface area contributed by atoms with Crippen LogP contribution in [0.3, 0.4) is 0 Å². The fourth-order valence-electron chi connectivity index (χ4n) is 16.7. The third-order valence-corrected chi connectivity index (χ3v) is 25.5. The Hall–Kier alpha value is -13.0. The Balaban J connectivity index is 0.000000152. The first-order chi connectivity index (χ1) is 63.0. The molecule has 0 aliphatic rings. The van der Waals surface area contributed by atoms with Crippen molar-refractivity contribution < 1.29 is 30.3 Å². The van der Waals surface area contributed by atoms with Gasteiger partial charge >= 0.3 is 0 Å². The monoisotopic (exact) mass is 1910 g/mol. The van der Waals surface area contributed by atoms with Crippen molar-refractivity contribution in [3.05, 3.63) is 400 Å². The van der Waals surface area contributed by atoms with Gasteiger partial charge in [-0.15, -0.1) is 54.0 Å². The second-order valence-electron chi connectivity index (χ2n) is 34.7. The number of aryl methyl sites for hydroxylation is 2. The number of anilines is 3. The maximum Gasteiger partial charge on any atom is 0.119 e. The molecule has 9 nitrogen and oxygen atoms in total. The Bertz CT molecular complexity index is 7420. The molecule has 2 atom stereocenters. The van der Waals surface area contributed by atoms with Crippen LogP contribution in [0.5, 0.6) is 0 Å². The first-order valence-corrected chi connectivity index (χ1v) is 47.2. The molecule has 643 valence electrons. The van der Waals surface area contributed by atoms with E-state index in [2.05, 4.69) is 371 Å². The van der Waals surface area contributed by atoms with Crippen molar-refractivity contribution in [2.75, 3.05) is 11.0 Å². The van der Waals surface area contributed by atoms with Crippen molar-refractivity contribution in [1.29, 1.82) is 5.16 Å². The summed E-state index contributed by atoms with van der Waals surface area (Å²) in [5.74, 6) is 0. The summed E-state index contributed by atoms with van der Waals surface area (Å²) in [5, 5.41) is 41.1. The second kappa shape index (κ2) is 41.0. The van der Waals surface area contributed by atoms with Crippen LogP contribution in [0.1, 0.15) is 73.2 Å². The van der Waals surface area contributed by atoms with Crippen LogP contribution in [0, 0.1) is 35.9 Å². The number of fused-ring (bicyclic) bond motifs is 14. The standard InChI is InChI=1S/C56H38N2.C34H20N2S.C12H11N2.C11H24O2.C2H6.CH3B3NP.Ir/c1-2-16-45(17-3-1)58-55-23-9-8-20-53(55)54-38-44(30-37-56(54)58)39-24-31-46(32-25-39)57(47-33-26-42(27-34-47)51-21-10-14-40-12-4-6-18-49(40)51)48-35-28-43(29-36-48)52-22-11-15-41-13-5-7-19-50(41)52;1-3-11-27-24(8-1)25-9-2-4-12-28(25)33-32(27)35-20-30(36-33)22-18-16-21(17-19-22)23-13-7-14-29-26-10-5-6-15-31(26)37-34(23)29;1-9-8-13-12(10(2)14-9)11-6-4-3-5-7-11;1-10(2,3)8(12)7-9(13)11(4,5)6;1-2;2-1-6(3,4)5;/h1-38H;1-20H;3-6,8H,1-2H3;8-9,12-13H,7H2,1-6H3;1-2H3;5H,1H2;/q;;-1;;;;. The molecule has 0 aliphatic heterocycles. The number of hydrogen-bond acceptors (Lipinski definition) is 9. The fourth-order valence-corrected chi connectivity index (χ4v) is 17.9. The zero-order chi connectivity index (χ0) is 90.8. The minimum Gasteiger partial charge on any atom is -0.392 e. The number of nitrogens with one attached hydrogen (secondary N) is 1. The molecular formula is C116H102B3IrN7O2PS-. The van der Waals surface area contributed by atoms with Crippen LogP contribution in [0.25, 0.3) is 169 Å². The van der Waals surface area contributed by atoms with Gasteiger partial charge in [0.05, 0.1) is 59.7 Å². The Morgan fingerprint density at radius 3 is 1.38 bits per heavy atom. The number of thiophene rings is 1. The van der Waals surface area contributed by atoms with Gasteiger partial charge in [0, 0.05) is 114 Å². The molecule has 0 spiro atoms. The van der Waals surface area contributed by atoms with Crippen molar-refractivity contribution in [2.24, 2.45) is 10.8 Å². The molecule has 3 N–H and O–H groups in total. The molecule has 0 amide bonds. The van der Waals surface area contributed by atoms with E-state index in [0.29, 0.717) is 6.42 Å². The van der Waals surface area contributed by atoms with Crippen molar-refractivity contribution in [2.45, 2.75) is 87.9 Å². The van der Waals surface area contributed by atoms with Crippen LogP contribution in [0.2, 0.25) is 0 Å². The Labute approximate surface area is 790 Å². The van der Waals surface area contributed by atoms with E-state index in [4.69, 9.17) is 38.1 Å². The van der Waals surface area contributed by atoms with Crippen LogP contribution in [-0.4, -0.2) is 76.0 Å². The molecule has 0 fully saturated rings. The molecule has 21 aromatic rings. The van der Waals surface area contributed by atoms with Gasteiger partial charge in [-0.1, -0.05) is 334 Å². The van der Waals surface area contributed by atoms with Crippen molar-refractivity contribution in [3.63, 3.8) is 0 Å². The van der Waals surface area contributed by atoms with Crippen molar-refractivity contribution in [1.82, 2.24) is 24.5 Å². The Morgan fingerprint density at radius 1 is 0.412 bits per heavy atom. The number of benzene rings is 17. The first kappa shape index (κ1) is 92.7. The summed E-state index contributed by atoms with van der Waals surface area (Å²) in [5.41, 5.74) is 24.0. The molecule has 17 aromatic carbocycles. The van der Waals surface area contributed by atoms with Gasteiger partial charge in [0.25, 0.3) is 0 Å². The van der Waals surface area contributed by atoms with E-state index in [1.165, 1.54) is 124 Å². The van der Waals surface area contributed by atoms with Gasteiger partial charge < -0.3 is 29.8 Å². The zero-order valence-electron chi connectivity index (χ0n) is 75.4. The average molecular weight is 1910 g/mol. The Kier molecular flexibility index (Phi) is 29.0. The quantitative estimate of drug-likeness (QED) is 0.0455. The molecule has 4 heterocycles. The summed E-state index contributed by atoms with van der Waals surface area (Å²) in [6.07, 6.45) is 3.25. The Morgan fingerprint density at radius 2 is 0.840 bits per heavy atom. The topological polar surface area (TPSA) is 124 Å². The predicted molar refractivity (Wildman–Crippen MR) is 560 cm³/mol. The summed E-state index contributed by atoms with van der Waals surface area (Å²) in [6, 6.07) is 136. The predicted octanol–water partition coefficient (Wildman–Crippen LogP) is 31.0. The summed E-state index contributed by atoms with van der Waals surface area (Å²) in [6.45, 7) is 17.4. The first-order valence-electron chi connectivity index (χ1n) is 44.3. The fraction of sp³-hybridized carbons (Fsp3) is 0.138. The van der Waals surface area contributed by atoms with Gasteiger partial charge in [-0.05, 0) is 174 Å². The van der Waals surface area contributed by atoms with Gasteiger partial charge in [0.15, 0.2) is 0 Å². The SMILES string of the molecule is CC.CC(C)(C)C(O)CC(O)C(C)(C)C.Cc1cnc(-c2[c-]cccc2)c(C)n1.[B]CP([B])([B])=N.[Ir].c1ccc(-n2c3ccccc3c3cc(-c4ccc(N(c5ccc(-c6cccc7ccccc67)cc5)c5ccc(-c6cccc7ccccc67)cc5)cc4)ccc32)cc1.c1ccc2c(c1)sc1c(-c3ccc(-c4cnc5c6ccccc6c6ccccc6c5n4)cc3)cccc12. The normalized spacial score (nSPS) is 11.9. The van der Waals surface area contributed by atoms with E-state index >= 15 is 0 Å². The molecule has 2 unspecified atom stereocenters. The summed E-state index contributed by atoms with van der Waals surface area (Å²) in [7, 11) is 14.8. The van der Waals surface area contributed by atoms with E-state index in [1.807, 2.05) is 111 Å². The molecule has 0 bridgehead atoms. The zero-order valence-corrected chi connectivity index (χ0v) is 79.5. The summed E-state index contributed by atoms with van der Waals surface area (Å²) >= 11 is 1.86. The molecule has 0 saturated heterocycles. The van der Waals surface area contributed by atoms with E-state index in [-0.39, 0.29) is 37.0 Å². The largest absolute Gasteiger partial charge is 0.392 e. The van der Waals surface area contributed by atoms with Gasteiger partial charge in [-0.3, -0.25) is 9.97 Å².